The molecule has 3 nitrogen and oxygen atoms in total. The SMILES string of the molecule is CC(C)C[C@@H](NCCCN1CCCCC1)[C@H](O)c1ccccc1. The van der Waals surface area contributed by atoms with Crippen molar-refractivity contribution in [2.75, 3.05) is 26.2 Å². The van der Waals surface area contributed by atoms with Gasteiger partial charge < -0.3 is 15.3 Å². The fraction of sp³-hybridized carbons (Fsp3) is 0.700. The van der Waals surface area contributed by atoms with Gasteiger partial charge >= 0.3 is 0 Å². The number of likely N-dealkylation sites (tertiary alicyclic amines) is 1. The van der Waals surface area contributed by atoms with Crippen molar-refractivity contribution in [2.24, 2.45) is 5.92 Å². The molecule has 1 aliphatic heterocycles. The van der Waals surface area contributed by atoms with Crippen molar-refractivity contribution in [3.8, 4) is 0 Å². The molecule has 1 saturated heterocycles. The van der Waals surface area contributed by atoms with Crippen LogP contribution in [0.3, 0.4) is 0 Å². The number of benzene rings is 1. The normalized spacial score (nSPS) is 19.0. The lowest BCUT2D eigenvalue weighted by atomic mass is 9.94. The molecule has 0 radical (unpaired) electrons. The predicted molar refractivity (Wildman–Crippen MR) is 97.6 cm³/mol. The zero-order valence-corrected chi connectivity index (χ0v) is 14.9. The second-order valence-corrected chi connectivity index (χ2v) is 7.30. The summed E-state index contributed by atoms with van der Waals surface area (Å²) in [6.45, 7) is 9.14. The highest BCUT2D eigenvalue weighted by atomic mass is 16.3. The molecule has 0 spiro atoms. The molecule has 2 N–H and O–H groups in total. The molecule has 0 aliphatic carbocycles. The highest BCUT2D eigenvalue weighted by Gasteiger charge is 2.21. The van der Waals surface area contributed by atoms with Crippen LogP contribution in [0, 0.1) is 5.92 Å². The maximum Gasteiger partial charge on any atom is 0.0943 e. The minimum absolute atomic E-state index is 0.138. The zero-order valence-electron chi connectivity index (χ0n) is 14.9. The van der Waals surface area contributed by atoms with E-state index < -0.39 is 6.10 Å². The second-order valence-electron chi connectivity index (χ2n) is 7.30. The van der Waals surface area contributed by atoms with Gasteiger partial charge in [-0.3, -0.25) is 0 Å². The van der Waals surface area contributed by atoms with Crippen LogP contribution in [0.25, 0.3) is 0 Å². The molecule has 130 valence electrons. The Kier molecular flexibility index (Phi) is 8.07. The first-order valence-electron chi connectivity index (χ1n) is 9.35. The van der Waals surface area contributed by atoms with Crippen LogP contribution in [0.15, 0.2) is 30.3 Å². The number of aliphatic hydroxyl groups is 1. The monoisotopic (exact) mass is 318 g/mol. The minimum atomic E-state index is -0.423. The molecule has 2 rings (SSSR count). The highest BCUT2D eigenvalue weighted by molar-refractivity contribution is 5.18. The molecule has 0 amide bonds. The molecule has 1 aromatic rings. The second kappa shape index (κ2) is 10.1. The number of aliphatic hydroxyl groups excluding tert-OH is 1. The van der Waals surface area contributed by atoms with Gasteiger partial charge in [-0.1, -0.05) is 50.6 Å². The highest BCUT2D eigenvalue weighted by Crippen LogP contribution is 2.21. The summed E-state index contributed by atoms with van der Waals surface area (Å²) in [6, 6.07) is 10.2. The van der Waals surface area contributed by atoms with E-state index >= 15 is 0 Å². The molecule has 0 aromatic heterocycles. The first-order valence-corrected chi connectivity index (χ1v) is 9.35. The van der Waals surface area contributed by atoms with Crippen LogP contribution in [0.4, 0.5) is 0 Å². The average Bonchev–Trinajstić information content (AvgIpc) is 2.58. The summed E-state index contributed by atoms with van der Waals surface area (Å²) in [5, 5.41) is 14.3. The molecule has 1 heterocycles. The number of nitrogens with zero attached hydrogens (tertiary/aromatic N) is 1. The van der Waals surface area contributed by atoms with Crippen molar-refractivity contribution in [2.45, 2.75) is 58.1 Å². The lowest BCUT2D eigenvalue weighted by molar-refractivity contribution is 0.115. The molecule has 2 atom stereocenters. The molecule has 3 heteroatoms. The summed E-state index contributed by atoms with van der Waals surface area (Å²) in [5.41, 5.74) is 1.02. The number of hydrogen-bond donors (Lipinski definition) is 2. The van der Waals surface area contributed by atoms with Crippen LogP contribution < -0.4 is 5.32 Å². The van der Waals surface area contributed by atoms with E-state index in [4.69, 9.17) is 0 Å². The summed E-state index contributed by atoms with van der Waals surface area (Å²) < 4.78 is 0. The molecule has 1 aliphatic rings. The zero-order chi connectivity index (χ0) is 16.5. The summed E-state index contributed by atoms with van der Waals surface area (Å²) in [5.74, 6) is 0.577. The van der Waals surface area contributed by atoms with Crippen molar-refractivity contribution in [3.05, 3.63) is 35.9 Å². The van der Waals surface area contributed by atoms with Crippen LogP contribution in [-0.4, -0.2) is 42.2 Å². The van der Waals surface area contributed by atoms with E-state index in [0.29, 0.717) is 5.92 Å². The van der Waals surface area contributed by atoms with Gasteiger partial charge in [0.1, 0.15) is 0 Å². The Balaban J connectivity index is 1.78. The number of hydrogen-bond acceptors (Lipinski definition) is 3. The average molecular weight is 319 g/mol. The van der Waals surface area contributed by atoms with Gasteiger partial charge in [0.2, 0.25) is 0 Å². The van der Waals surface area contributed by atoms with Gasteiger partial charge in [0.15, 0.2) is 0 Å². The smallest absolute Gasteiger partial charge is 0.0943 e. The predicted octanol–water partition coefficient (Wildman–Crippen LogP) is 3.60. The molecular weight excluding hydrogens is 284 g/mol. The van der Waals surface area contributed by atoms with Crippen LogP contribution in [0.5, 0.6) is 0 Å². The summed E-state index contributed by atoms with van der Waals surface area (Å²) in [7, 11) is 0. The summed E-state index contributed by atoms with van der Waals surface area (Å²) in [4.78, 5) is 2.58. The van der Waals surface area contributed by atoms with E-state index in [1.54, 1.807) is 0 Å². The maximum absolute atomic E-state index is 10.7. The molecule has 23 heavy (non-hydrogen) atoms. The van der Waals surface area contributed by atoms with Crippen molar-refractivity contribution in [1.29, 1.82) is 0 Å². The Bertz CT molecular complexity index is 415. The third kappa shape index (κ3) is 6.62. The Labute approximate surface area is 142 Å². The maximum atomic E-state index is 10.7. The topological polar surface area (TPSA) is 35.5 Å². The lowest BCUT2D eigenvalue weighted by Crippen LogP contribution is -2.38. The van der Waals surface area contributed by atoms with Crippen LogP contribution >= 0.6 is 0 Å². The van der Waals surface area contributed by atoms with Gasteiger partial charge in [-0.05, 0) is 63.3 Å². The van der Waals surface area contributed by atoms with Gasteiger partial charge in [0, 0.05) is 6.04 Å². The van der Waals surface area contributed by atoms with Crippen molar-refractivity contribution < 1.29 is 5.11 Å². The largest absolute Gasteiger partial charge is 0.387 e. The van der Waals surface area contributed by atoms with E-state index in [0.717, 1.165) is 24.9 Å². The van der Waals surface area contributed by atoms with Crippen LogP contribution in [0.2, 0.25) is 0 Å². The lowest BCUT2D eigenvalue weighted by Gasteiger charge is -2.28. The fourth-order valence-electron chi connectivity index (χ4n) is 3.49. The van der Waals surface area contributed by atoms with E-state index in [9.17, 15) is 5.11 Å². The Hall–Kier alpha value is -0.900. The van der Waals surface area contributed by atoms with Gasteiger partial charge in [-0.15, -0.1) is 0 Å². The number of nitrogens with one attached hydrogen (secondary N) is 1. The first-order chi connectivity index (χ1) is 11.2. The van der Waals surface area contributed by atoms with Gasteiger partial charge in [0.05, 0.1) is 6.10 Å². The number of piperidine rings is 1. The summed E-state index contributed by atoms with van der Waals surface area (Å²) in [6.07, 6.45) is 5.85. The van der Waals surface area contributed by atoms with Crippen molar-refractivity contribution in [3.63, 3.8) is 0 Å². The fourth-order valence-corrected chi connectivity index (χ4v) is 3.49. The van der Waals surface area contributed by atoms with Crippen LogP contribution in [-0.2, 0) is 0 Å². The van der Waals surface area contributed by atoms with E-state index in [-0.39, 0.29) is 6.04 Å². The minimum Gasteiger partial charge on any atom is -0.387 e. The first kappa shape index (κ1) is 18.4. The molecule has 1 aromatic carbocycles. The van der Waals surface area contributed by atoms with E-state index in [2.05, 4.69) is 24.1 Å². The molecule has 0 bridgehead atoms. The Morgan fingerprint density at radius 2 is 1.78 bits per heavy atom. The van der Waals surface area contributed by atoms with Crippen LogP contribution in [0.1, 0.15) is 57.6 Å². The van der Waals surface area contributed by atoms with Gasteiger partial charge in [0.25, 0.3) is 0 Å². The molecular formula is C20H34N2O. The van der Waals surface area contributed by atoms with E-state index in [1.807, 2.05) is 30.3 Å². The van der Waals surface area contributed by atoms with Gasteiger partial charge in [-0.2, -0.15) is 0 Å². The quantitative estimate of drug-likeness (QED) is 0.683. The molecule has 1 fully saturated rings. The molecule has 0 saturated carbocycles. The molecule has 0 unspecified atom stereocenters. The number of rotatable bonds is 9. The van der Waals surface area contributed by atoms with Crippen molar-refractivity contribution in [1.82, 2.24) is 10.2 Å². The standard InChI is InChI=1S/C20H34N2O/c1-17(2)16-19(20(23)18-10-5-3-6-11-18)21-12-9-15-22-13-7-4-8-14-22/h3,5-6,10-11,17,19-21,23H,4,7-9,12-16H2,1-2H3/t19-,20-/m1/s1. The van der Waals surface area contributed by atoms with Gasteiger partial charge in [-0.25, -0.2) is 0 Å². The van der Waals surface area contributed by atoms with E-state index in [1.165, 1.54) is 38.9 Å². The Morgan fingerprint density at radius 1 is 1.09 bits per heavy atom. The third-order valence-corrected chi connectivity index (χ3v) is 4.75. The van der Waals surface area contributed by atoms with Crippen molar-refractivity contribution >= 4 is 0 Å². The third-order valence-electron chi connectivity index (χ3n) is 4.75. The Morgan fingerprint density at radius 3 is 2.43 bits per heavy atom. The summed E-state index contributed by atoms with van der Waals surface area (Å²) >= 11 is 0.